The Morgan fingerprint density at radius 1 is 0.388 bits per heavy atom. The molecule has 0 aliphatic carbocycles. The van der Waals surface area contributed by atoms with E-state index in [9.17, 15) is 19.8 Å². The van der Waals surface area contributed by atoms with Crippen molar-refractivity contribution in [1.29, 1.82) is 0 Å². The van der Waals surface area contributed by atoms with E-state index in [4.69, 9.17) is 10.2 Å². The molecule has 0 fully saturated rings. The molecule has 7 heteroatoms. The van der Waals surface area contributed by atoms with E-state index in [0.717, 1.165) is 39.5 Å². The van der Waals surface area contributed by atoms with Crippen LogP contribution in [0.5, 0.6) is 0 Å². The first-order valence-corrected chi connectivity index (χ1v) is 20.8. The number of carbonyl (C=O) groups is 2. The van der Waals surface area contributed by atoms with Gasteiger partial charge in [-0.2, -0.15) is 0 Å². The van der Waals surface area contributed by atoms with Gasteiger partial charge in [-0.15, -0.1) is 0 Å². The summed E-state index contributed by atoms with van der Waals surface area (Å²) in [7, 11) is 0. The molecule has 0 aromatic carbocycles. The van der Waals surface area contributed by atoms with Crippen LogP contribution in [0.4, 0.5) is 0 Å². The fourth-order valence-electron chi connectivity index (χ4n) is 6.30. The van der Waals surface area contributed by atoms with Gasteiger partial charge in [0.25, 0.3) is 0 Å². The van der Waals surface area contributed by atoms with Gasteiger partial charge >= 0.3 is 37.7 Å². The summed E-state index contributed by atoms with van der Waals surface area (Å²) in [6, 6.07) is 0. The van der Waals surface area contributed by atoms with E-state index < -0.39 is 11.6 Å². The van der Waals surface area contributed by atoms with Crippen molar-refractivity contribution < 1.29 is 30.0 Å². The molecule has 6 nitrogen and oxygen atoms in total. The molecule has 0 spiro atoms. The van der Waals surface area contributed by atoms with Crippen molar-refractivity contribution in [2.24, 2.45) is 0 Å². The Kier molecular flexibility index (Phi) is 43.5. The van der Waals surface area contributed by atoms with Crippen molar-refractivity contribution >= 4 is 49.3 Å². The molecule has 2 atom stereocenters. The maximum absolute atomic E-state index is 11.4. The molecular weight excluding hydrogens is 641 g/mol. The van der Waals surface area contributed by atoms with Crippen molar-refractivity contribution in [1.82, 2.24) is 0 Å². The van der Waals surface area contributed by atoms with Gasteiger partial charge in [-0.3, -0.25) is 9.59 Å². The Hall–Kier alpha value is 0.440. The summed E-state index contributed by atoms with van der Waals surface area (Å²) in [6.45, 7) is 6.83. The fraction of sp³-hybridized carbons (Fsp3) is 0.952. The van der Waals surface area contributed by atoms with Crippen LogP contribution in [-0.2, 0) is 9.59 Å². The molecular formula is C42H82CaO6. The van der Waals surface area contributed by atoms with Gasteiger partial charge in [-0.05, 0) is 24.4 Å². The van der Waals surface area contributed by atoms with Crippen molar-refractivity contribution in [3.8, 4) is 0 Å². The average Bonchev–Trinajstić information content (AvgIpc) is 2.99. The second-order valence-corrected chi connectivity index (χ2v) is 15.2. The zero-order valence-electron chi connectivity index (χ0n) is 33.3. The van der Waals surface area contributed by atoms with E-state index in [1.807, 2.05) is 0 Å². The molecule has 0 aromatic heterocycles. The molecule has 0 amide bonds. The van der Waals surface area contributed by atoms with Crippen molar-refractivity contribution in [3.63, 3.8) is 0 Å². The number of ketones is 2. The first-order chi connectivity index (χ1) is 22.9. The molecule has 0 aliphatic rings. The number of unbranched alkanes of at least 4 members (excludes halogenated alkanes) is 28. The van der Waals surface area contributed by atoms with E-state index >= 15 is 0 Å². The average molecular weight is 723 g/mol. The first kappa shape index (κ1) is 53.8. The molecule has 288 valence electrons. The molecule has 0 saturated carbocycles. The summed E-state index contributed by atoms with van der Waals surface area (Å²) < 4.78 is 0. The van der Waals surface area contributed by atoms with Gasteiger partial charge in [-0.1, -0.05) is 207 Å². The number of hydrogen-bond donors (Lipinski definition) is 2. The van der Waals surface area contributed by atoms with Gasteiger partial charge in [0.15, 0.2) is 0 Å². The standard InChI is InChI=1S/2C21H41O3.Ca/c2*1-3-4-5-6-7-8-9-10-11-12-13-14-15-16-17-18-20(22)19-21(2,23)24;/h2*23H,3-19H2,1-2H3;/q2*-1;+2. The van der Waals surface area contributed by atoms with E-state index in [2.05, 4.69) is 13.8 Å². The van der Waals surface area contributed by atoms with E-state index in [0.29, 0.717) is 12.8 Å². The van der Waals surface area contributed by atoms with Gasteiger partial charge < -0.3 is 20.4 Å². The minimum Gasteiger partial charge on any atom is -0.829 e. The maximum atomic E-state index is 11.4. The predicted molar refractivity (Wildman–Crippen MR) is 205 cm³/mol. The van der Waals surface area contributed by atoms with Gasteiger partial charge in [-0.25, -0.2) is 0 Å². The van der Waals surface area contributed by atoms with Crippen molar-refractivity contribution in [2.45, 2.75) is 258 Å². The normalized spacial score (nSPS) is 13.6. The summed E-state index contributed by atoms with van der Waals surface area (Å²) >= 11 is 0. The van der Waals surface area contributed by atoms with Crippen LogP contribution < -0.4 is 10.2 Å². The molecule has 49 heavy (non-hydrogen) atoms. The SMILES string of the molecule is CCCCCCCCCCCCCCCCCC(=O)CC(C)([O-])O.CCCCCCCCCCCCCCCCCC(=O)CC(C)([O-])O.[Ca+2]. The number of aliphatic hydroxyl groups is 2. The van der Waals surface area contributed by atoms with Crippen LogP contribution in [0.15, 0.2) is 0 Å². The second kappa shape index (κ2) is 39.6. The van der Waals surface area contributed by atoms with E-state index in [-0.39, 0.29) is 62.1 Å². The Balaban J connectivity index is -0.000000846. The van der Waals surface area contributed by atoms with Crippen LogP contribution in [0.2, 0.25) is 0 Å². The van der Waals surface area contributed by atoms with E-state index in [1.54, 1.807) is 0 Å². The summed E-state index contributed by atoms with van der Waals surface area (Å²) in [4.78, 5) is 22.9. The van der Waals surface area contributed by atoms with Crippen LogP contribution in [0, 0.1) is 0 Å². The Morgan fingerprint density at radius 3 is 0.714 bits per heavy atom. The monoisotopic (exact) mass is 723 g/mol. The number of rotatable bonds is 36. The Bertz CT molecular complexity index is 628. The number of carbonyl (C=O) groups excluding carboxylic acids is 2. The van der Waals surface area contributed by atoms with Gasteiger partial charge in [0, 0.05) is 25.7 Å². The summed E-state index contributed by atoms with van der Waals surface area (Å²) in [6.07, 6.45) is 39.4. The molecule has 2 unspecified atom stereocenters. The van der Waals surface area contributed by atoms with Crippen LogP contribution in [0.25, 0.3) is 0 Å². The third-order valence-electron chi connectivity index (χ3n) is 9.17. The van der Waals surface area contributed by atoms with Gasteiger partial charge in [0.2, 0.25) is 0 Å². The van der Waals surface area contributed by atoms with Crippen LogP contribution in [0.1, 0.15) is 246 Å². The fourth-order valence-corrected chi connectivity index (χ4v) is 6.30. The Labute approximate surface area is 334 Å². The molecule has 0 rings (SSSR count). The van der Waals surface area contributed by atoms with Gasteiger partial charge in [0.1, 0.15) is 11.6 Å². The molecule has 0 bridgehead atoms. The molecule has 0 heterocycles. The zero-order valence-corrected chi connectivity index (χ0v) is 35.5. The topological polar surface area (TPSA) is 121 Å². The predicted octanol–water partition coefficient (Wildman–Crippen LogP) is 10.2. The van der Waals surface area contributed by atoms with Crippen LogP contribution in [-0.4, -0.2) is 71.1 Å². The second-order valence-electron chi connectivity index (χ2n) is 15.2. The maximum Gasteiger partial charge on any atom is 2.00 e. The van der Waals surface area contributed by atoms with E-state index in [1.165, 1.54) is 167 Å². The number of hydrogen-bond acceptors (Lipinski definition) is 6. The number of Topliss-reactive ketones (excluding diaryl/α,β-unsaturated/α-hetero) is 2. The summed E-state index contributed by atoms with van der Waals surface area (Å²) in [5.74, 6) is -4.39. The third kappa shape index (κ3) is 52.9. The smallest absolute Gasteiger partial charge is 0.829 e. The molecule has 0 aliphatic heterocycles. The first-order valence-electron chi connectivity index (χ1n) is 20.8. The van der Waals surface area contributed by atoms with Gasteiger partial charge in [0.05, 0.1) is 0 Å². The van der Waals surface area contributed by atoms with Crippen molar-refractivity contribution in [2.75, 3.05) is 0 Å². The molecule has 0 saturated heterocycles. The minimum absolute atomic E-state index is 0. The molecule has 2 N–H and O–H groups in total. The summed E-state index contributed by atoms with van der Waals surface area (Å²) in [5, 5.41) is 40.1. The molecule has 0 radical (unpaired) electrons. The largest absolute Gasteiger partial charge is 2.00 e. The third-order valence-corrected chi connectivity index (χ3v) is 9.17. The summed E-state index contributed by atoms with van der Waals surface area (Å²) in [5.41, 5.74) is 0. The Morgan fingerprint density at radius 2 is 0.551 bits per heavy atom. The minimum atomic E-state index is -2.09. The van der Waals surface area contributed by atoms with Crippen LogP contribution >= 0.6 is 0 Å². The van der Waals surface area contributed by atoms with Crippen molar-refractivity contribution in [3.05, 3.63) is 0 Å². The molecule has 0 aromatic rings. The quantitative estimate of drug-likeness (QED) is 0.0377. The zero-order chi connectivity index (χ0) is 36.2. The van der Waals surface area contributed by atoms with Crippen LogP contribution in [0.3, 0.4) is 0 Å².